The number of anilines is 1. The van der Waals surface area contributed by atoms with Crippen molar-refractivity contribution in [3.05, 3.63) is 87.2 Å². The van der Waals surface area contributed by atoms with Crippen LogP contribution < -0.4 is 15.4 Å². The minimum atomic E-state index is -1.36. The maximum Gasteiger partial charge on any atom is 0.407 e. The number of fused-ring (bicyclic) bond motifs is 1. The number of pyridine rings is 1. The number of nitrogens with zero attached hydrogens (tertiary/aromatic N) is 3. The fourth-order valence-corrected chi connectivity index (χ4v) is 4.18. The highest BCUT2D eigenvalue weighted by molar-refractivity contribution is 7.22. The molecule has 2 N–H and O–H groups in total. The van der Waals surface area contributed by atoms with Crippen LogP contribution in [0.1, 0.15) is 11.5 Å². The Morgan fingerprint density at radius 3 is 2.56 bits per heavy atom. The van der Waals surface area contributed by atoms with Gasteiger partial charge in [-0.1, -0.05) is 24.8 Å². The molecule has 0 saturated carbocycles. The number of carbonyl (C=O) groups excluding carboxylic acids is 2. The van der Waals surface area contributed by atoms with Gasteiger partial charge in [-0.3, -0.25) is 9.78 Å². The zero-order valence-electron chi connectivity index (χ0n) is 20.2. The number of hydrogen-bond acceptors (Lipinski definition) is 12. The Bertz CT molecular complexity index is 1280. The minimum Gasteiger partial charge on any atom is -0.491 e. The Kier molecular flexibility index (Phi) is 10.3. The van der Waals surface area contributed by atoms with E-state index in [2.05, 4.69) is 31.9 Å². The number of hydrogen-bond donors (Lipinski definition) is 2. The second-order valence-corrected chi connectivity index (χ2v) is 8.77. The first-order valence-electron chi connectivity index (χ1n) is 11.2. The summed E-state index contributed by atoms with van der Waals surface area (Å²) in [6.45, 7) is 2.25. The molecule has 206 valence electrons. The molecule has 0 aliphatic carbocycles. The lowest BCUT2D eigenvalue weighted by atomic mass is 9.98. The summed E-state index contributed by atoms with van der Waals surface area (Å²) in [4.78, 5) is 58.7. The van der Waals surface area contributed by atoms with E-state index in [4.69, 9.17) is 9.47 Å². The predicted octanol–water partition coefficient (Wildman–Crippen LogP) is 3.09. The number of ether oxygens (including phenoxy) is 2. The van der Waals surface area contributed by atoms with Crippen molar-refractivity contribution in [2.45, 2.75) is 12.0 Å². The molecule has 2 unspecified atom stereocenters. The van der Waals surface area contributed by atoms with E-state index in [1.165, 1.54) is 29.5 Å². The summed E-state index contributed by atoms with van der Waals surface area (Å²) < 4.78 is 11.2. The Morgan fingerprint density at radius 1 is 1.13 bits per heavy atom. The van der Waals surface area contributed by atoms with Gasteiger partial charge >= 0.3 is 6.09 Å². The fourth-order valence-electron chi connectivity index (χ4n) is 3.25. The third-order valence-electron chi connectivity index (χ3n) is 4.99. The first-order valence-corrected chi connectivity index (χ1v) is 12.0. The van der Waals surface area contributed by atoms with Crippen LogP contribution in [-0.2, 0) is 19.2 Å². The van der Waals surface area contributed by atoms with Gasteiger partial charge in [0.05, 0.1) is 15.6 Å². The Hall–Kier alpha value is -4.99. The molecule has 3 rings (SSSR count). The van der Waals surface area contributed by atoms with Crippen LogP contribution in [0, 0.1) is 20.2 Å². The number of thiophene rings is 1. The SMILES string of the molecule is C=CCOC(=O)NCC(C(=O)Nc1cc2ccncc2s1)c1ccc(OCC(CO[N+](=O)[O-])O[N+](=O)[O-])cc1. The maximum atomic E-state index is 13.2. The summed E-state index contributed by atoms with van der Waals surface area (Å²) in [6, 6.07) is 9.76. The summed E-state index contributed by atoms with van der Waals surface area (Å²) in [6.07, 6.45) is 2.66. The average Bonchev–Trinajstić information content (AvgIpc) is 3.31. The molecule has 2 atom stereocenters. The van der Waals surface area contributed by atoms with Gasteiger partial charge in [0, 0.05) is 18.9 Å². The van der Waals surface area contributed by atoms with Gasteiger partial charge in [0.15, 0.2) is 6.10 Å². The van der Waals surface area contributed by atoms with Crippen LogP contribution in [0.3, 0.4) is 0 Å². The van der Waals surface area contributed by atoms with Gasteiger partial charge in [0.1, 0.15) is 25.6 Å². The summed E-state index contributed by atoms with van der Waals surface area (Å²) in [7, 11) is 0. The molecule has 2 heterocycles. The van der Waals surface area contributed by atoms with Crippen LogP contribution in [0.25, 0.3) is 10.1 Å². The van der Waals surface area contributed by atoms with Crippen LogP contribution in [0.5, 0.6) is 5.75 Å². The van der Waals surface area contributed by atoms with Crippen LogP contribution in [0.15, 0.2) is 61.4 Å². The van der Waals surface area contributed by atoms with E-state index in [0.717, 1.165) is 10.1 Å². The van der Waals surface area contributed by atoms with E-state index in [9.17, 15) is 29.8 Å². The van der Waals surface area contributed by atoms with Crippen molar-refractivity contribution in [3.63, 3.8) is 0 Å². The molecule has 0 fully saturated rings. The van der Waals surface area contributed by atoms with Crippen LogP contribution in [-0.4, -0.2) is 59.6 Å². The Morgan fingerprint density at radius 2 is 1.90 bits per heavy atom. The minimum absolute atomic E-state index is 0.00157. The van der Waals surface area contributed by atoms with E-state index < -0.39 is 47.4 Å². The number of carbonyl (C=O) groups is 2. The zero-order chi connectivity index (χ0) is 28.2. The summed E-state index contributed by atoms with van der Waals surface area (Å²) in [5.74, 6) is -0.993. The topological polar surface area (TPSA) is 194 Å². The molecule has 0 saturated heterocycles. The molecule has 3 aromatic rings. The van der Waals surface area contributed by atoms with Crippen molar-refractivity contribution in [2.24, 2.45) is 0 Å². The van der Waals surface area contributed by atoms with Crippen LogP contribution >= 0.6 is 11.3 Å². The third-order valence-corrected chi connectivity index (χ3v) is 5.99. The number of aromatic nitrogens is 1. The molecular formula is C23H23N5O10S. The normalized spacial score (nSPS) is 12.0. The molecule has 1 aromatic carbocycles. The highest BCUT2D eigenvalue weighted by Crippen LogP contribution is 2.30. The van der Waals surface area contributed by atoms with Crippen molar-refractivity contribution >= 4 is 38.4 Å². The molecule has 0 aliphatic heterocycles. The molecule has 16 heteroatoms. The molecule has 0 spiro atoms. The van der Waals surface area contributed by atoms with Gasteiger partial charge < -0.3 is 29.8 Å². The highest BCUT2D eigenvalue weighted by Gasteiger charge is 2.23. The number of nitrogens with one attached hydrogen (secondary N) is 2. The second kappa shape index (κ2) is 14.1. The largest absolute Gasteiger partial charge is 0.491 e. The lowest BCUT2D eigenvalue weighted by molar-refractivity contribution is -0.790. The third kappa shape index (κ3) is 9.12. The highest BCUT2D eigenvalue weighted by atomic mass is 32.1. The fraction of sp³-hybridized carbons (Fsp3) is 0.261. The van der Waals surface area contributed by atoms with Gasteiger partial charge in [0.25, 0.3) is 10.2 Å². The van der Waals surface area contributed by atoms with E-state index in [-0.39, 0.29) is 18.9 Å². The van der Waals surface area contributed by atoms with Crippen molar-refractivity contribution in [3.8, 4) is 5.75 Å². The Balaban J connectivity index is 1.71. The molecule has 0 bridgehead atoms. The number of amides is 2. The molecular weight excluding hydrogens is 538 g/mol. The maximum absolute atomic E-state index is 13.2. The van der Waals surface area contributed by atoms with Crippen LogP contribution in [0.2, 0.25) is 0 Å². The van der Waals surface area contributed by atoms with Gasteiger partial charge in [-0.25, -0.2) is 4.79 Å². The Labute approximate surface area is 224 Å². The van der Waals surface area contributed by atoms with Gasteiger partial charge in [-0.05, 0) is 35.2 Å². The quantitative estimate of drug-likeness (QED) is 0.157. The molecule has 15 nitrogen and oxygen atoms in total. The van der Waals surface area contributed by atoms with Crippen LogP contribution in [0.4, 0.5) is 9.80 Å². The van der Waals surface area contributed by atoms with E-state index in [1.807, 2.05) is 12.1 Å². The summed E-state index contributed by atoms with van der Waals surface area (Å²) >= 11 is 1.35. The predicted molar refractivity (Wildman–Crippen MR) is 137 cm³/mol. The lowest BCUT2D eigenvalue weighted by Gasteiger charge is -2.18. The van der Waals surface area contributed by atoms with E-state index >= 15 is 0 Å². The second-order valence-electron chi connectivity index (χ2n) is 7.68. The molecule has 2 amide bonds. The monoisotopic (exact) mass is 561 g/mol. The first kappa shape index (κ1) is 28.6. The first-order chi connectivity index (χ1) is 18.7. The standard InChI is InChI=1S/C23H23N5O10S/c1-2-9-35-23(30)25-11-19(22(29)26-21-10-16-7-8-24-12-20(16)39-21)15-3-5-17(6-4-15)36-13-18(38-28(33)34)14-37-27(31)32/h2-8,10,12,18-19H,1,9,11,13-14H2,(H,25,30)(H,26,29). The van der Waals surface area contributed by atoms with Crippen molar-refractivity contribution in [2.75, 3.05) is 31.7 Å². The van der Waals surface area contributed by atoms with E-state index in [0.29, 0.717) is 10.6 Å². The smallest absolute Gasteiger partial charge is 0.407 e. The van der Waals surface area contributed by atoms with Crippen molar-refractivity contribution in [1.29, 1.82) is 0 Å². The lowest BCUT2D eigenvalue weighted by Crippen LogP contribution is -2.34. The molecule has 2 aromatic heterocycles. The van der Waals surface area contributed by atoms with Gasteiger partial charge in [-0.2, -0.15) is 0 Å². The number of benzene rings is 1. The molecule has 0 radical (unpaired) electrons. The van der Waals surface area contributed by atoms with Crippen molar-refractivity contribution < 1.29 is 38.9 Å². The summed E-state index contributed by atoms with van der Waals surface area (Å²) in [5.41, 5.74) is 0.515. The van der Waals surface area contributed by atoms with Crippen molar-refractivity contribution in [1.82, 2.24) is 10.3 Å². The zero-order valence-corrected chi connectivity index (χ0v) is 21.0. The number of alkyl carbamates (subject to hydrolysis) is 1. The summed E-state index contributed by atoms with van der Waals surface area (Å²) in [5, 5.41) is 25.7. The molecule has 39 heavy (non-hydrogen) atoms. The number of rotatable bonds is 15. The van der Waals surface area contributed by atoms with Gasteiger partial charge in [-0.15, -0.1) is 31.6 Å². The average molecular weight is 562 g/mol. The van der Waals surface area contributed by atoms with Gasteiger partial charge in [0.2, 0.25) is 5.91 Å². The molecule has 0 aliphatic rings. The van der Waals surface area contributed by atoms with E-state index in [1.54, 1.807) is 24.5 Å².